The van der Waals surface area contributed by atoms with Crippen LogP contribution in [0.25, 0.3) is 0 Å². The molecule has 0 saturated carbocycles. The highest BCUT2D eigenvalue weighted by molar-refractivity contribution is 6.68. The van der Waals surface area contributed by atoms with E-state index in [1.165, 1.54) is 6.20 Å². The standard InChI is InChI=1S/C18H16ClN3O2/c1-12-4-2-3-5-15(12)22-18(24)17(20)16(23)10-11-21-14-8-6-13(19)7-9-14/h2-11,20-21H,1H3,(H,22,24)/b11-10-,20-17?. The van der Waals surface area contributed by atoms with E-state index in [2.05, 4.69) is 10.6 Å². The normalized spacial score (nSPS) is 10.4. The van der Waals surface area contributed by atoms with Crippen molar-refractivity contribution < 1.29 is 9.59 Å². The molecular weight excluding hydrogens is 326 g/mol. The van der Waals surface area contributed by atoms with Crippen molar-refractivity contribution in [1.29, 1.82) is 5.41 Å². The molecule has 0 spiro atoms. The first-order valence-electron chi connectivity index (χ1n) is 7.16. The third kappa shape index (κ3) is 4.79. The number of carbonyl (C=O) groups excluding carboxylic acids is 2. The third-order valence-corrected chi connectivity index (χ3v) is 3.45. The number of hydrogen-bond acceptors (Lipinski definition) is 4. The van der Waals surface area contributed by atoms with Crippen LogP contribution >= 0.6 is 11.6 Å². The van der Waals surface area contributed by atoms with Gasteiger partial charge in [-0.05, 0) is 42.8 Å². The summed E-state index contributed by atoms with van der Waals surface area (Å²) in [4.78, 5) is 23.8. The second-order valence-electron chi connectivity index (χ2n) is 4.99. The van der Waals surface area contributed by atoms with Gasteiger partial charge in [-0.1, -0.05) is 29.8 Å². The van der Waals surface area contributed by atoms with Crippen LogP contribution in [0.15, 0.2) is 60.8 Å². The smallest absolute Gasteiger partial charge is 0.277 e. The number of carbonyl (C=O) groups is 2. The summed E-state index contributed by atoms with van der Waals surface area (Å²) in [6.07, 6.45) is 2.51. The predicted molar refractivity (Wildman–Crippen MR) is 96.8 cm³/mol. The first-order chi connectivity index (χ1) is 11.5. The minimum atomic E-state index is -0.745. The van der Waals surface area contributed by atoms with E-state index in [9.17, 15) is 9.59 Å². The Morgan fingerprint density at radius 3 is 2.42 bits per heavy atom. The number of nitrogens with one attached hydrogen (secondary N) is 3. The second kappa shape index (κ2) is 8.08. The van der Waals surface area contributed by atoms with Crippen LogP contribution in [-0.2, 0) is 9.59 Å². The number of amides is 1. The number of allylic oxidation sites excluding steroid dienone is 1. The van der Waals surface area contributed by atoms with Gasteiger partial charge in [0, 0.05) is 28.7 Å². The first-order valence-corrected chi connectivity index (χ1v) is 7.53. The molecule has 0 aliphatic heterocycles. The van der Waals surface area contributed by atoms with Crippen molar-refractivity contribution in [2.75, 3.05) is 10.6 Å². The maximum Gasteiger partial charge on any atom is 0.277 e. The number of hydrogen-bond donors (Lipinski definition) is 3. The largest absolute Gasteiger partial charge is 0.362 e. The molecule has 0 atom stereocenters. The lowest BCUT2D eigenvalue weighted by molar-refractivity contribution is -0.113. The number of benzene rings is 2. The molecule has 0 aliphatic carbocycles. The Bertz CT molecular complexity index is 798. The van der Waals surface area contributed by atoms with Crippen molar-refractivity contribution in [3.05, 3.63) is 71.4 Å². The summed E-state index contributed by atoms with van der Waals surface area (Å²) in [7, 11) is 0. The molecular formula is C18H16ClN3O2. The topological polar surface area (TPSA) is 82.1 Å². The van der Waals surface area contributed by atoms with E-state index in [1.807, 2.05) is 19.1 Å². The number of rotatable bonds is 6. The molecule has 1 amide bonds. The molecule has 2 aromatic carbocycles. The Kier molecular flexibility index (Phi) is 5.87. The Morgan fingerprint density at radius 1 is 1.08 bits per heavy atom. The van der Waals surface area contributed by atoms with Gasteiger partial charge in [0.15, 0.2) is 5.71 Å². The lowest BCUT2D eigenvalue weighted by Crippen LogP contribution is -2.28. The molecule has 122 valence electrons. The molecule has 0 fully saturated rings. The molecule has 2 rings (SSSR count). The zero-order valence-corrected chi connectivity index (χ0v) is 13.7. The third-order valence-electron chi connectivity index (χ3n) is 3.20. The van der Waals surface area contributed by atoms with Crippen LogP contribution in [0.2, 0.25) is 5.02 Å². The van der Waals surface area contributed by atoms with Crippen molar-refractivity contribution in [1.82, 2.24) is 0 Å². The molecule has 3 N–H and O–H groups in total. The number of halogens is 1. The van der Waals surface area contributed by atoms with E-state index >= 15 is 0 Å². The lowest BCUT2D eigenvalue weighted by Gasteiger charge is -2.07. The molecule has 24 heavy (non-hydrogen) atoms. The summed E-state index contributed by atoms with van der Waals surface area (Å²) in [5.74, 6) is -1.44. The molecule has 0 aromatic heterocycles. The Labute approximate surface area is 144 Å². The van der Waals surface area contributed by atoms with E-state index in [4.69, 9.17) is 17.0 Å². The minimum absolute atomic E-state index is 0.573. The van der Waals surface area contributed by atoms with Gasteiger partial charge in [-0.3, -0.25) is 15.0 Å². The van der Waals surface area contributed by atoms with Crippen LogP contribution in [0.1, 0.15) is 5.56 Å². The van der Waals surface area contributed by atoms with Crippen molar-refractivity contribution >= 4 is 40.4 Å². The predicted octanol–water partition coefficient (Wildman–Crippen LogP) is 3.80. The van der Waals surface area contributed by atoms with Gasteiger partial charge in [0.05, 0.1) is 0 Å². The lowest BCUT2D eigenvalue weighted by atomic mass is 10.2. The van der Waals surface area contributed by atoms with Crippen LogP contribution in [0.5, 0.6) is 0 Å². The van der Waals surface area contributed by atoms with Gasteiger partial charge in [-0.25, -0.2) is 0 Å². The van der Waals surface area contributed by atoms with E-state index in [1.54, 1.807) is 36.4 Å². The molecule has 0 radical (unpaired) electrons. The fourth-order valence-electron chi connectivity index (χ4n) is 1.85. The van der Waals surface area contributed by atoms with Crippen LogP contribution in [-0.4, -0.2) is 17.4 Å². The first kappa shape index (κ1) is 17.4. The summed E-state index contributed by atoms with van der Waals surface area (Å²) >= 11 is 5.78. The number of anilines is 2. The molecule has 6 heteroatoms. The molecule has 0 saturated heterocycles. The summed E-state index contributed by atoms with van der Waals surface area (Å²) in [5, 5.41) is 13.7. The van der Waals surface area contributed by atoms with Crippen molar-refractivity contribution in [2.24, 2.45) is 0 Å². The molecule has 0 unspecified atom stereocenters. The SMILES string of the molecule is Cc1ccccc1NC(=O)C(=N)C(=O)/C=C\Nc1ccc(Cl)cc1. The highest BCUT2D eigenvalue weighted by atomic mass is 35.5. The summed E-state index contributed by atoms with van der Waals surface area (Å²) in [6.45, 7) is 1.83. The Hall–Kier alpha value is -2.92. The average molecular weight is 342 g/mol. The molecule has 2 aromatic rings. The second-order valence-corrected chi connectivity index (χ2v) is 5.43. The zero-order valence-electron chi connectivity index (χ0n) is 13.0. The Morgan fingerprint density at radius 2 is 1.75 bits per heavy atom. The maximum absolute atomic E-state index is 12.0. The number of para-hydroxylation sites is 1. The van der Waals surface area contributed by atoms with E-state index in [0.717, 1.165) is 17.3 Å². The summed E-state index contributed by atoms with van der Waals surface area (Å²) in [5.41, 5.74) is 1.53. The number of ketones is 1. The maximum atomic E-state index is 12.0. The molecule has 5 nitrogen and oxygen atoms in total. The molecule has 0 bridgehead atoms. The van der Waals surface area contributed by atoms with Gasteiger partial charge in [-0.2, -0.15) is 0 Å². The van der Waals surface area contributed by atoms with Crippen molar-refractivity contribution in [3.8, 4) is 0 Å². The molecule has 0 aliphatic rings. The van der Waals surface area contributed by atoms with Gasteiger partial charge in [-0.15, -0.1) is 0 Å². The Balaban J connectivity index is 1.92. The molecule has 0 heterocycles. The van der Waals surface area contributed by atoms with E-state index < -0.39 is 17.4 Å². The minimum Gasteiger partial charge on any atom is -0.362 e. The van der Waals surface area contributed by atoms with Gasteiger partial charge in [0.2, 0.25) is 5.78 Å². The van der Waals surface area contributed by atoms with Gasteiger partial charge >= 0.3 is 0 Å². The van der Waals surface area contributed by atoms with Crippen molar-refractivity contribution in [2.45, 2.75) is 6.92 Å². The van der Waals surface area contributed by atoms with Gasteiger partial charge in [0.25, 0.3) is 5.91 Å². The van der Waals surface area contributed by atoms with Crippen LogP contribution < -0.4 is 10.6 Å². The summed E-state index contributed by atoms with van der Waals surface area (Å²) < 4.78 is 0. The van der Waals surface area contributed by atoms with Crippen LogP contribution in [0.3, 0.4) is 0 Å². The fourth-order valence-corrected chi connectivity index (χ4v) is 1.98. The van der Waals surface area contributed by atoms with Gasteiger partial charge in [0.1, 0.15) is 0 Å². The van der Waals surface area contributed by atoms with Crippen molar-refractivity contribution in [3.63, 3.8) is 0 Å². The monoisotopic (exact) mass is 341 g/mol. The van der Waals surface area contributed by atoms with Crippen LogP contribution in [0, 0.1) is 12.3 Å². The van der Waals surface area contributed by atoms with E-state index in [0.29, 0.717) is 10.7 Å². The zero-order chi connectivity index (χ0) is 17.5. The summed E-state index contributed by atoms with van der Waals surface area (Å²) in [6, 6.07) is 14.0. The highest BCUT2D eigenvalue weighted by Crippen LogP contribution is 2.14. The fraction of sp³-hybridized carbons (Fsp3) is 0.0556. The highest BCUT2D eigenvalue weighted by Gasteiger charge is 2.16. The van der Waals surface area contributed by atoms with E-state index in [-0.39, 0.29) is 0 Å². The average Bonchev–Trinajstić information content (AvgIpc) is 2.58. The van der Waals surface area contributed by atoms with Gasteiger partial charge < -0.3 is 10.6 Å². The number of aryl methyl sites for hydroxylation is 1. The quantitative estimate of drug-likeness (QED) is 0.424. The van der Waals surface area contributed by atoms with Crippen LogP contribution in [0.4, 0.5) is 11.4 Å².